The third-order valence-corrected chi connectivity index (χ3v) is 5.97. The molecule has 0 unspecified atom stereocenters. The van der Waals surface area contributed by atoms with Crippen molar-refractivity contribution in [2.24, 2.45) is 5.73 Å². The Hall–Kier alpha value is -1.70. The molecule has 0 atom stereocenters. The lowest BCUT2D eigenvalue weighted by Gasteiger charge is -2.07. The maximum absolute atomic E-state index is 13.8. The fourth-order valence-corrected chi connectivity index (χ4v) is 4.88. The lowest BCUT2D eigenvalue weighted by Crippen LogP contribution is -2.13. The summed E-state index contributed by atoms with van der Waals surface area (Å²) in [6.45, 7) is 0.425. The standard InChI is InChI=1S/C14H13FN2O2S2/c15-12-3-1-2-4-13(12)21(18,19)17-9-10(5-7-16)11-6-8-20-14(11)17/h1-4,6,8-9H,5,7,16H2. The van der Waals surface area contributed by atoms with E-state index in [2.05, 4.69) is 0 Å². The van der Waals surface area contributed by atoms with Gasteiger partial charge in [0.2, 0.25) is 0 Å². The van der Waals surface area contributed by atoms with Crippen LogP contribution in [-0.4, -0.2) is 18.9 Å². The summed E-state index contributed by atoms with van der Waals surface area (Å²) in [7, 11) is -3.95. The van der Waals surface area contributed by atoms with E-state index < -0.39 is 15.8 Å². The summed E-state index contributed by atoms with van der Waals surface area (Å²) >= 11 is 1.31. The molecule has 2 heterocycles. The summed E-state index contributed by atoms with van der Waals surface area (Å²) < 4.78 is 40.4. The van der Waals surface area contributed by atoms with E-state index in [1.54, 1.807) is 0 Å². The number of hydrogen-bond acceptors (Lipinski definition) is 4. The summed E-state index contributed by atoms with van der Waals surface area (Å²) in [6, 6.07) is 7.24. The molecular formula is C14H13FN2O2S2. The fourth-order valence-electron chi connectivity index (χ4n) is 2.28. The summed E-state index contributed by atoms with van der Waals surface area (Å²) in [4.78, 5) is 0.260. The molecule has 0 spiro atoms. The van der Waals surface area contributed by atoms with Gasteiger partial charge in [0.15, 0.2) is 0 Å². The zero-order valence-corrected chi connectivity index (χ0v) is 12.6. The Kier molecular flexibility index (Phi) is 3.56. The molecule has 4 nitrogen and oxygen atoms in total. The summed E-state index contributed by atoms with van der Waals surface area (Å²) in [6.07, 6.45) is 2.11. The zero-order chi connectivity index (χ0) is 15.0. The van der Waals surface area contributed by atoms with Gasteiger partial charge in [0.25, 0.3) is 10.0 Å². The third-order valence-electron chi connectivity index (χ3n) is 3.25. The van der Waals surface area contributed by atoms with Gasteiger partial charge in [-0.1, -0.05) is 12.1 Å². The van der Waals surface area contributed by atoms with Crippen molar-refractivity contribution < 1.29 is 12.8 Å². The molecule has 2 N–H and O–H groups in total. The second-order valence-corrected chi connectivity index (χ2v) is 7.24. The van der Waals surface area contributed by atoms with Gasteiger partial charge < -0.3 is 5.73 Å². The van der Waals surface area contributed by atoms with Crippen molar-refractivity contribution in [3.05, 3.63) is 53.3 Å². The molecule has 110 valence electrons. The highest BCUT2D eigenvalue weighted by atomic mass is 32.2. The first-order chi connectivity index (χ1) is 10.1. The minimum absolute atomic E-state index is 0.324. The van der Waals surface area contributed by atoms with Crippen LogP contribution in [0.1, 0.15) is 5.56 Å². The van der Waals surface area contributed by atoms with Gasteiger partial charge in [0, 0.05) is 11.6 Å². The molecule has 0 aliphatic heterocycles. The summed E-state index contributed by atoms with van der Waals surface area (Å²) in [5, 5.41) is 2.67. The molecule has 3 aromatic rings. The van der Waals surface area contributed by atoms with Gasteiger partial charge in [-0.15, -0.1) is 11.3 Å². The van der Waals surface area contributed by atoms with E-state index in [0.717, 1.165) is 21.0 Å². The maximum atomic E-state index is 13.8. The Morgan fingerprint density at radius 3 is 2.71 bits per heavy atom. The number of aromatic nitrogens is 1. The Labute approximate surface area is 125 Å². The van der Waals surface area contributed by atoms with Gasteiger partial charge in [-0.05, 0) is 42.1 Å². The van der Waals surface area contributed by atoms with Crippen LogP contribution in [0, 0.1) is 5.82 Å². The molecule has 0 bridgehead atoms. The number of nitrogens with zero attached hydrogens (tertiary/aromatic N) is 1. The van der Waals surface area contributed by atoms with E-state index in [4.69, 9.17) is 5.73 Å². The van der Waals surface area contributed by atoms with Crippen molar-refractivity contribution in [1.29, 1.82) is 0 Å². The van der Waals surface area contributed by atoms with Crippen molar-refractivity contribution in [2.45, 2.75) is 11.3 Å². The maximum Gasteiger partial charge on any atom is 0.271 e. The Bertz CT molecular complexity index is 897. The number of rotatable bonds is 4. The monoisotopic (exact) mass is 324 g/mol. The van der Waals surface area contributed by atoms with Crippen molar-refractivity contribution in [1.82, 2.24) is 3.97 Å². The Balaban J connectivity index is 2.25. The van der Waals surface area contributed by atoms with Crippen molar-refractivity contribution in [3.8, 4) is 0 Å². The largest absolute Gasteiger partial charge is 0.330 e. The first-order valence-electron chi connectivity index (χ1n) is 6.33. The van der Waals surface area contributed by atoms with Gasteiger partial charge in [-0.25, -0.2) is 16.8 Å². The molecule has 2 aromatic heterocycles. The first kappa shape index (κ1) is 14.2. The highest BCUT2D eigenvalue weighted by Crippen LogP contribution is 2.30. The van der Waals surface area contributed by atoms with Crippen LogP contribution in [0.15, 0.2) is 46.8 Å². The molecule has 0 radical (unpaired) electrons. The van der Waals surface area contributed by atoms with Crippen LogP contribution in [0.5, 0.6) is 0 Å². The summed E-state index contributed by atoms with van der Waals surface area (Å²) in [5.41, 5.74) is 6.41. The van der Waals surface area contributed by atoms with Gasteiger partial charge >= 0.3 is 0 Å². The molecule has 21 heavy (non-hydrogen) atoms. The highest BCUT2D eigenvalue weighted by molar-refractivity contribution is 7.90. The summed E-state index contributed by atoms with van der Waals surface area (Å²) in [5.74, 6) is -0.753. The number of thiophene rings is 1. The van der Waals surface area contributed by atoms with Gasteiger partial charge in [0.05, 0.1) is 0 Å². The molecule has 0 fully saturated rings. The van der Waals surface area contributed by atoms with Gasteiger partial charge in [-0.3, -0.25) is 0 Å². The molecule has 0 amide bonds. The molecule has 7 heteroatoms. The average Bonchev–Trinajstić information content (AvgIpc) is 3.03. The molecule has 0 aliphatic carbocycles. The normalized spacial score (nSPS) is 12.1. The van der Waals surface area contributed by atoms with Crippen LogP contribution >= 0.6 is 11.3 Å². The molecule has 3 rings (SSSR count). The molecule has 1 aromatic carbocycles. The van der Waals surface area contributed by atoms with Crippen LogP contribution in [-0.2, 0) is 16.4 Å². The van der Waals surface area contributed by atoms with E-state index in [1.807, 2.05) is 11.4 Å². The van der Waals surface area contributed by atoms with Crippen LogP contribution in [0.4, 0.5) is 4.39 Å². The topological polar surface area (TPSA) is 65.1 Å². The molecular weight excluding hydrogens is 311 g/mol. The number of hydrogen-bond donors (Lipinski definition) is 1. The van der Waals surface area contributed by atoms with E-state index >= 15 is 0 Å². The molecule has 0 saturated carbocycles. The third kappa shape index (κ3) is 2.27. The van der Waals surface area contributed by atoms with Crippen LogP contribution in [0.2, 0.25) is 0 Å². The van der Waals surface area contributed by atoms with Crippen molar-refractivity contribution >= 4 is 31.6 Å². The van der Waals surface area contributed by atoms with Crippen LogP contribution < -0.4 is 5.73 Å². The van der Waals surface area contributed by atoms with Gasteiger partial charge in [-0.2, -0.15) is 0 Å². The number of nitrogens with two attached hydrogens (primary N) is 1. The second kappa shape index (κ2) is 5.25. The smallest absolute Gasteiger partial charge is 0.271 e. The Morgan fingerprint density at radius 2 is 2.00 bits per heavy atom. The SMILES string of the molecule is NCCc1cn(S(=O)(=O)c2ccccc2F)c2sccc12. The predicted molar refractivity (Wildman–Crippen MR) is 81.6 cm³/mol. The Morgan fingerprint density at radius 1 is 1.24 bits per heavy atom. The van der Waals surface area contributed by atoms with E-state index in [0.29, 0.717) is 17.8 Å². The lowest BCUT2D eigenvalue weighted by atomic mass is 10.2. The quantitative estimate of drug-likeness (QED) is 0.802. The van der Waals surface area contributed by atoms with E-state index in [-0.39, 0.29) is 4.90 Å². The lowest BCUT2D eigenvalue weighted by molar-refractivity contribution is 0.562. The van der Waals surface area contributed by atoms with Crippen molar-refractivity contribution in [3.63, 3.8) is 0 Å². The minimum Gasteiger partial charge on any atom is -0.330 e. The second-order valence-electron chi connectivity index (χ2n) is 4.56. The van der Waals surface area contributed by atoms with E-state index in [1.165, 1.54) is 35.7 Å². The number of fused-ring (bicyclic) bond motifs is 1. The van der Waals surface area contributed by atoms with E-state index in [9.17, 15) is 12.8 Å². The highest BCUT2D eigenvalue weighted by Gasteiger charge is 2.24. The minimum atomic E-state index is -3.95. The average molecular weight is 324 g/mol. The number of benzene rings is 1. The van der Waals surface area contributed by atoms with Crippen molar-refractivity contribution in [2.75, 3.05) is 6.54 Å². The van der Waals surface area contributed by atoms with Crippen LogP contribution in [0.3, 0.4) is 0 Å². The van der Waals surface area contributed by atoms with Gasteiger partial charge in [0.1, 0.15) is 15.5 Å². The fraction of sp³-hybridized carbons (Fsp3) is 0.143. The first-order valence-corrected chi connectivity index (χ1v) is 8.65. The molecule has 0 saturated heterocycles. The predicted octanol–water partition coefficient (Wildman–Crippen LogP) is 2.58. The molecule has 0 aliphatic rings. The zero-order valence-electron chi connectivity index (χ0n) is 11.0. The number of halogens is 1. The van der Waals surface area contributed by atoms with Crippen LogP contribution in [0.25, 0.3) is 10.2 Å².